The molecule has 1 N–H and O–H groups in total. The average Bonchev–Trinajstić information content (AvgIpc) is 2.71. The monoisotopic (exact) mass is 251 g/mol. The first-order valence-electron chi connectivity index (χ1n) is 5.57. The van der Waals surface area contributed by atoms with Crippen LogP contribution in [0.25, 0.3) is 0 Å². The maximum absolute atomic E-state index is 11.0. The minimum Gasteiger partial charge on any atom is -0.481 e. The van der Waals surface area contributed by atoms with Crippen molar-refractivity contribution < 1.29 is 14.8 Å². The van der Waals surface area contributed by atoms with Gasteiger partial charge in [0.1, 0.15) is 0 Å². The van der Waals surface area contributed by atoms with E-state index in [1.165, 1.54) is 12.3 Å². The van der Waals surface area contributed by atoms with Gasteiger partial charge in [0.05, 0.1) is 11.6 Å². The van der Waals surface area contributed by atoms with E-state index in [0.717, 1.165) is 5.69 Å². The van der Waals surface area contributed by atoms with Crippen LogP contribution in [0.15, 0.2) is 18.3 Å². The Hall–Kier alpha value is -2.18. The van der Waals surface area contributed by atoms with Crippen LogP contribution >= 0.6 is 0 Å². The van der Waals surface area contributed by atoms with Crippen molar-refractivity contribution in [2.24, 2.45) is 11.8 Å². The maximum Gasteiger partial charge on any atom is 0.363 e. The Labute approximate surface area is 103 Å². The molecule has 7 heteroatoms. The van der Waals surface area contributed by atoms with Gasteiger partial charge >= 0.3 is 11.8 Å². The highest BCUT2D eigenvalue weighted by molar-refractivity contribution is 5.72. The minimum atomic E-state index is -0.806. The van der Waals surface area contributed by atoms with Crippen LogP contribution in [-0.2, 0) is 4.79 Å². The van der Waals surface area contributed by atoms with Crippen LogP contribution in [0.2, 0.25) is 0 Å². The number of nitrogens with zero attached hydrogens (tertiary/aromatic N) is 3. The summed E-state index contributed by atoms with van der Waals surface area (Å²) < 4.78 is 0. The number of aromatic nitrogens is 1. The predicted octanol–water partition coefficient (Wildman–Crippen LogP) is 1.15. The number of carboxylic acids is 1. The quantitative estimate of drug-likeness (QED) is 0.639. The molecule has 0 spiro atoms. The summed E-state index contributed by atoms with van der Waals surface area (Å²) in [6.07, 6.45) is 1.41. The molecular weight excluding hydrogens is 238 g/mol. The van der Waals surface area contributed by atoms with Gasteiger partial charge in [0.25, 0.3) is 0 Å². The van der Waals surface area contributed by atoms with E-state index in [4.69, 9.17) is 5.11 Å². The number of rotatable bonds is 3. The van der Waals surface area contributed by atoms with Gasteiger partial charge < -0.3 is 20.1 Å². The Balaban J connectivity index is 2.14. The molecular formula is C11H13N3O4. The highest BCUT2D eigenvalue weighted by Crippen LogP contribution is 2.28. The zero-order valence-electron chi connectivity index (χ0n) is 9.81. The summed E-state index contributed by atoms with van der Waals surface area (Å²) >= 11 is 0. The topological polar surface area (TPSA) is 96.6 Å². The molecule has 1 aromatic rings. The lowest BCUT2D eigenvalue weighted by Gasteiger charge is -2.15. The van der Waals surface area contributed by atoms with Crippen LogP contribution in [0, 0.1) is 22.0 Å². The van der Waals surface area contributed by atoms with Gasteiger partial charge in [0.15, 0.2) is 6.20 Å². The fourth-order valence-corrected chi connectivity index (χ4v) is 2.17. The first-order valence-corrected chi connectivity index (χ1v) is 5.57. The van der Waals surface area contributed by atoms with Gasteiger partial charge in [-0.2, -0.15) is 0 Å². The Morgan fingerprint density at radius 2 is 2.28 bits per heavy atom. The number of anilines is 1. The van der Waals surface area contributed by atoms with Crippen molar-refractivity contribution in [3.05, 3.63) is 28.4 Å². The largest absolute Gasteiger partial charge is 0.481 e. The van der Waals surface area contributed by atoms with Crippen LogP contribution in [0.4, 0.5) is 11.5 Å². The molecule has 1 aliphatic heterocycles. The van der Waals surface area contributed by atoms with Crippen molar-refractivity contribution in [1.29, 1.82) is 0 Å². The van der Waals surface area contributed by atoms with Crippen LogP contribution in [0.3, 0.4) is 0 Å². The summed E-state index contributed by atoms with van der Waals surface area (Å²) in [5.41, 5.74) is 0.719. The highest BCUT2D eigenvalue weighted by Gasteiger charge is 2.35. The first-order chi connectivity index (χ1) is 8.49. The average molecular weight is 251 g/mol. The zero-order chi connectivity index (χ0) is 13.3. The molecule has 2 rings (SSSR count). The molecule has 18 heavy (non-hydrogen) atoms. The SMILES string of the molecule is C[C@@H]1CN(c2ccc([N+](=O)[O-])nc2)C[C@H]1C(=O)O. The second-order valence-corrected chi connectivity index (χ2v) is 4.46. The van der Waals surface area contributed by atoms with Gasteiger partial charge in [-0.3, -0.25) is 4.79 Å². The maximum atomic E-state index is 11.0. The molecule has 96 valence electrons. The second-order valence-electron chi connectivity index (χ2n) is 4.46. The van der Waals surface area contributed by atoms with Gasteiger partial charge in [0.2, 0.25) is 0 Å². The van der Waals surface area contributed by atoms with E-state index in [1.54, 1.807) is 6.07 Å². The van der Waals surface area contributed by atoms with E-state index >= 15 is 0 Å². The minimum absolute atomic E-state index is 0.0534. The normalized spacial score (nSPS) is 23.1. The Morgan fingerprint density at radius 1 is 1.56 bits per heavy atom. The highest BCUT2D eigenvalue weighted by atomic mass is 16.6. The lowest BCUT2D eigenvalue weighted by Crippen LogP contribution is -2.23. The molecule has 2 heterocycles. The van der Waals surface area contributed by atoms with E-state index in [1.807, 2.05) is 11.8 Å². The van der Waals surface area contributed by atoms with Gasteiger partial charge in [0, 0.05) is 19.2 Å². The Bertz CT molecular complexity index is 474. The summed E-state index contributed by atoms with van der Waals surface area (Å²) in [5.74, 6) is -1.36. The third-order valence-electron chi connectivity index (χ3n) is 3.21. The molecule has 0 bridgehead atoms. The third kappa shape index (κ3) is 2.24. The summed E-state index contributed by atoms with van der Waals surface area (Å²) in [4.78, 5) is 26.5. The first kappa shape index (κ1) is 12.3. The number of aliphatic carboxylic acids is 1. The fraction of sp³-hybridized carbons (Fsp3) is 0.455. The molecule has 1 fully saturated rings. The van der Waals surface area contributed by atoms with Crippen molar-refractivity contribution in [1.82, 2.24) is 4.98 Å². The number of hydrogen-bond donors (Lipinski definition) is 1. The van der Waals surface area contributed by atoms with E-state index in [9.17, 15) is 14.9 Å². The van der Waals surface area contributed by atoms with E-state index < -0.39 is 16.8 Å². The number of pyridine rings is 1. The molecule has 7 nitrogen and oxygen atoms in total. The molecule has 0 saturated carbocycles. The van der Waals surface area contributed by atoms with Crippen molar-refractivity contribution in [3.8, 4) is 0 Å². The Kier molecular flexibility index (Phi) is 3.14. The van der Waals surface area contributed by atoms with Crippen LogP contribution in [0.1, 0.15) is 6.92 Å². The predicted molar refractivity (Wildman–Crippen MR) is 63.4 cm³/mol. The van der Waals surface area contributed by atoms with Crippen LogP contribution in [-0.4, -0.2) is 34.1 Å². The molecule has 1 saturated heterocycles. The molecule has 0 aliphatic carbocycles. The van der Waals surface area contributed by atoms with Gasteiger partial charge in [-0.1, -0.05) is 6.92 Å². The smallest absolute Gasteiger partial charge is 0.363 e. The van der Waals surface area contributed by atoms with Gasteiger partial charge in [-0.05, 0) is 21.9 Å². The molecule has 0 unspecified atom stereocenters. The number of nitro groups is 1. The lowest BCUT2D eigenvalue weighted by atomic mass is 9.99. The second kappa shape index (κ2) is 4.59. The molecule has 2 atom stereocenters. The summed E-state index contributed by atoms with van der Waals surface area (Å²) in [7, 11) is 0. The van der Waals surface area contributed by atoms with Crippen molar-refractivity contribution >= 4 is 17.5 Å². The third-order valence-corrected chi connectivity index (χ3v) is 3.21. The van der Waals surface area contributed by atoms with Crippen molar-refractivity contribution in [3.63, 3.8) is 0 Å². The standard InChI is InChI=1S/C11H13N3O4/c1-7-5-13(6-9(7)11(15)16)8-2-3-10(12-4-8)14(17)18/h2-4,7,9H,5-6H2,1H3,(H,15,16)/t7-,9-/m1/s1. The van der Waals surface area contributed by atoms with Crippen molar-refractivity contribution in [2.75, 3.05) is 18.0 Å². The molecule has 0 radical (unpaired) electrons. The number of carbonyl (C=O) groups is 1. The molecule has 1 aromatic heterocycles. The van der Waals surface area contributed by atoms with Crippen molar-refractivity contribution in [2.45, 2.75) is 6.92 Å². The molecule has 1 aliphatic rings. The molecule has 0 aromatic carbocycles. The number of carboxylic acid groups (broad SMARTS) is 1. The fourth-order valence-electron chi connectivity index (χ4n) is 2.17. The van der Waals surface area contributed by atoms with E-state index in [0.29, 0.717) is 13.1 Å². The van der Waals surface area contributed by atoms with Crippen LogP contribution < -0.4 is 4.90 Å². The van der Waals surface area contributed by atoms with E-state index in [-0.39, 0.29) is 11.7 Å². The Morgan fingerprint density at radius 3 is 2.72 bits per heavy atom. The lowest BCUT2D eigenvalue weighted by molar-refractivity contribution is -0.389. The summed E-state index contributed by atoms with van der Waals surface area (Å²) in [6, 6.07) is 2.93. The summed E-state index contributed by atoms with van der Waals surface area (Å²) in [5, 5.41) is 19.5. The molecule has 0 amide bonds. The number of hydrogen-bond acceptors (Lipinski definition) is 5. The van der Waals surface area contributed by atoms with Crippen LogP contribution in [0.5, 0.6) is 0 Å². The van der Waals surface area contributed by atoms with E-state index in [2.05, 4.69) is 4.98 Å². The summed E-state index contributed by atoms with van der Waals surface area (Å²) in [6.45, 7) is 2.92. The van der Waals surface area contributed by atoms with Gasteiger partial charge in [-0.25, -0.2) is 0 Å². The zero-order valence-corrected chi connectivity index (χ0v) is 9.81. The van der Waals surface area contributed by atoms with Gasteiger partial charge in [-0.15, -0.1) is 0 Å².